The number of fused-ring (bicyclic) bond motifs is 1. The maximum atomic E-state index is 13.0. The van der Waals surface area contributed by atoms with Crippen LogP contribution in [0.1, 0.15) is 62.7 Å². The van der Waals surface area contributed by atoms with Gasteiger partial charge in [0.15, 0.2) is 0 Å². The minimum Gasteiger partial charge on any atom is -0.362 e. The first kappa shape index (κ1) is 14.4. The Bertz CT molecular complexity index is 528. The summed E-state index contributed by atoms with van der Waals surface area (Å²) < 4.78 is 0. The highest BCUT2D eigenvalue weighted by Gasteiger charge is 2.46. The molecule has 3 nitrogen and oxygen atoms in total. The average molecular weight is 286 g/mol. The molecule has 0 bridgehead atoms. The quantitative estimate of drug-likeness (QED) is 0.900. The van der Waals surface area contributed by atoms with Gasteiger partial charge in [-0.05, 0) is 43.7 Å². The van der Waals surface area contributed by atoms with Crippen LogP contribution >= 0.6 is 0 Å². The van der Waals surface area contributed by atoms with Gasteiger partial charge in [-0.1, -0.05) is 38.8 Å². The summed E-state index contributed by atoms with van der Waals surface area (Å²) in [6.07, 6.45) is 6.81. The number of anilines is 1. The summed E-state index contributed by atoms with van der Waals surface area (Å²) >= 11 is 0. The molecule has 1 saturated carbocycles. The molecule has 3 heteroatoms. The predicted molar refractivity (Wildman–Crippen MR) is 86.4 cm³/mol. The standard InChI is InChI=1S/C18H26N2O/c1-3-4-12-20-17(21)15-9-5-6-10-16(15)19-18(20)11-7-8-14(2)13-18/h5-6,9-10,14,19H,3-4,7-8,11-13H2,1-2H3. The molecule has 2 aliphatic rings. The molecule has 2 atom stereocenters. The summed E-state index contributed by atoms with van der Waals surface area (Å²) in [4.78, 5) is 15.1. The van der Waals surface area contributed by atoms with Crippen LogP contribution in [0.5, 0.6) is 0 Å². The number of carbonyl (C=O) groups is 1. The third-order valence-corrected chi connectivity index (χ3v) is 5.00. The molecular formula is C18H26N2O. The second-order valence-corrected chi connectivity index (χ2v) is 6.71. The van der Waals surface area contributed by atoms with Gasteiger partial charge >= 0.3 is 0 Å². The van der Waals surface area contributed by atoms with Crippen molar-refractivity contribution in [3.05, 3.63) is 29.8 Å². The Labute approximate surface area is 127 Å². The van der Waals surface area contributed by atoms with Gasteiger partial charge in [0.2, 0.25) is 0 Å². The van der Waals surface area contributed by atoms with E-state index in [1.165, 1.54) is 12.8 Å². The van der Waals surface area contributed by atoms with E-state index in [9.17, 15) is 4.79 Å². The molecule has 114 valence electrons. The zero-order valence-corrected chi connectivity index (χ0v) is 13.2. The highest BCUT2D eigenvalue weighted by atomic mass is 16.2. The van der Waals surface area contributed by atoms with Crippen LogP contribution in [0.15, 0.2) is 24.3 Å². The molecule has 1 spiro atoms. The van der Waals surface area contributed by atoms with Crippen molar-refractivity contribution in [2.24, 2.45) is 5.92 Å². The van der Waals surface area contributed by atoms with E-state index in [0.717, 1.165) is 43.5 Å². The molecule has 1 aliphatic carbocycles. The Morgan fingerprint density at radius 3 is 2.95 bits per heavy atom. The average Bonchev–Trinajstić information content (AvgIpc) is 2.47. The summed E-state index contributed by atoms with van der Waals surface area (Å²) in [5.41, 5.74) is 1.69. The molecule has 21 heavy (non-hydrogen) atoms. The topological polar surface area (TPSA) is 32.3 Å². The molecule has 0 aromatic heterocycles. The number of nitrogens with one attached hydrogen (secondary N) is 1. The van der Waals surface area contributed by atoms with Gasteiger partial charge in [-0.25, -0.2) is 0 Å². The van der Waals surface area contributed by atoms with E-state index < -0.39 is 0 Å². The lowest BCUT2D eigenvalue weighted by molar-refractivity contribution is 0.0323. The summed E-state index contributed by atoms with van der Waals surface area (Å²) in [5, 5.41) is 3.74. The molecule has 0 saturated heterocycles. The molecule has 1 N–H and O–H groups in total. The first-order chi connectivity index (χ1) is 10.2. The van der Waals surface area contributed by atoms with E-state index in [-0.39, 0.29) is 11.6 Å². The summed E-state index contributed by atoms with van der Waals surface area (Å²) in [6, 6.07) is 7.97. The fraction of sp³-hybridized carbons (Fsp3) is 0.611. The molecule has 0 radical (unpaired) electrons. The number of hydrogen-bond acceptors (Lipinski definition) is 2. The zero-order valence-electron chi connectivity index (χ0n) is 13.2. The van der Waals surface area contributed by atoms with Gasteiger partial charge in [0.05, 0.1) is 5.56 Å². The molecule has 1 aliphatic heterocycles. The smallest absolute Gasteiger partial charge is 0.257 e. The molecule has 1 aromatic carbocycles. The molecule has 3 rings (SSSR count). The van der Waals surface area contributed by atoms with Crippen molar-refractivity contribution in [1.82, 2.24) is 4.90 Å². The number of rotatable bonds is 3. The maximum absolute atomic E-state index is 13.0. The van der Waals surface area contributed by atoms with E-state index in [1.807, 2.05) is 24.3 Å². The van der Waals surface area contributed by atoms with Gasteiger partial charge in [0, 0.05) is 12.2 Å². The highest BCUT2D eigenvalue weighted by molar-refractivity contribution is 6.02. The molecule has 2 unspecified atom stereocenters. The number of amides is 1. The van der Waals surface area contributed by atoms with Crippen molar-refractivity contribution in [2.75, 3.05) is 11.9 Å². The Hall–Kier alpha value is -1.51. The molecule has 1 fully saturated rings. The van der Waals surface area contributed by atoms with E-state index in [4.69, 9.17) is 0 Å². The van der Waals surface area contributed by atoms with Gasteiger partial charge < -0.3 is 10.2 Å². The van der Waals surface area contributed by atoms with Crippen LogP contribution in [0, 0.1) is 5.92 Å². The number of hydrogen-bond donors (Lipinski definition) is 1. The maximum Gasteiger partial charge on any atom is 0.257 e. The fourth-order valence-electron chi connectivity index (χ4n) is 3.95. The zero-order chi connectivity index (χ0) is 14.9. The van der Waals surface area contributed by atoms with Crippen molar-refractivity contribution in [1.29, 1.82) is 0 Å². The van der Waals surface area contributed by atoms with Crippen molar-refractivity contribution < 1.29 is 4.79 Å². The fourth-order valence-corrected chi connectivity index (χ4v) is 3.95. The van der Waals surface area contributed by atoms with Crippen LogP contribution in [0.3, 0.4) is 0 Å². The number of para-hydroxylation sites is 1. The van der Waals surface area contributed by atoms with E-state index in [2.05, 4.69) is 24.1 Å². The Balaban J connectivity index is 1.98. The first-order valence-corrected chi connectivity index (χ1v) is 8.35. The van der Waals surface area contributed by atoms with E-state index >= 15 is 0 Å². The number of carbonyl (C=O) groups excluding carboxylic acids is 1. The SMILES string of the molecule is CCCCN1C(=O)c2ccccc2NC12CCCC(C)C2. The Morgan fingerprint density at radius 2 is 2.19 bits per heavy atom. The van der Waals surface area contributed by atoms with Crippen molar-refractivity contribution in [2.45, 2.75) is 58.0 Å². The Morgan fingerprint density at radius 1 is 1.38 bits per heavy atom. The van der Waals surface area contributed by atoms with Gasteiger partial charge in [0.1, 0.15) is 5.66 Å². The number of benzene rings is 1. The van der Waals surface area contributed by atoms with E-state index in [1.54, 1.807) is 0 Å². The highest BCUT2D eigenvalue weighted by Crippen LogP contribution is 2.42. The van der Waals surface area contributed by atoms with Gasteiger partial charge in [0.25, 0.3) is 5.91 Å². The number of unbranched alkanes of at least 4 members (excludes halogenated alkanes) is 1. The minimum absolute atomic E-state index is 0.154. The third kappa shape index (κ3) is 2.54. The second kappa shape index (κ2) is 5.70. The van der Waals surface area contributed by atoms with Crippen LogP contribution in [0.2, 0.25) is 0 Å². The van der Waals surface area contributed by atoms with Crippen LogP contribution in [0.4, 0.5) is 5.69 Å². The lowest BCUT2D eigenvalue weighted by Gasteiger charge is -2.52. The molecule has 1 heterocycles. The largest absolute Gasteiger partial charge is 0.362 e. The summed E-state index contributed by atoms with van der Waals surface area (Å²) in [7, 11) is 0. The van der Waals surface area contributed by atoms with Crippen LogP contribution in [0.25, 0.3) is 0 Å². The predicted octanol–water partition coefficient (Wildman–Crippen LogP) is 4.26. The lowest BCUT2D eigenvalue weighted by atomic mass is 9.79. The Kier molecular flexibility index (Phi) is 3.92. The first-order valence-electron chi connectivity index (χ1n) is 8.35. The van der Waals surface area contributed by atoms with Gasteiger partial charge in [-0.15, -0.1) is 0 Å². The van der Waals surface area contributed by atoms with Crippen LogP contribution in [-0.2, 0) is 0 Å². The molecule has 1 aromatic rings. The van der Waals surface area contributed by atoms with Crippen molar-refractivity contribution in [3.63, 3.8) is 0 Å². The number of nitrogens with zero attached hydrogens (tertiary/aromatic N) is 1. The lowest BCUT2D eigenvalue weighted by Crippen LogP contribution is -2.61. The van der Waals surface area contributed by atoms with Crippen molar-refractivity contribution in [3.8, 4) is 0 Å². The van der Waals surface area contributed by atoms with Gasteiger partial charge in [-0.2, -0.15) is 0 Å². The van der Waals surface area contributed by atoms with Crippen molar-refractivity contribution >= 4 is 11.6 Å². The minimum atomic E-state index is -0.154. The monoisotopic (exact) mass is 286 g/mol. The normalized spacial score (nSPS) is 28.4. The molecule has 1 amide bonds. The van der Waals surface area contributed by atoms with Crippen LogP contribution < -0.4 is 5.32 Å². The second-order valence-electron chi connectivity index (χ2n) is 6.71. The van der Waals surface area contributed by atoms with Gasteiger partial charge in [-0.3, -0.25) is 4.79 Å². The third-order valence-electron chi connectivity index (χ3n) is 5.00. The van der Waals surface area contributed by atoms with E-state index in [0.29, 0.717) is 5.92 Å². The summed E-state index contributed by atoms with van der Waals surface area (Å²) in [6.45, 7) is 5.36. The summed E-state index contributed by atoms with van der Waals surface area (Å²) in [5.74, 6) is 0.889. The van der Waals surface area contributed by atoms with Crippen LogP contribution in [-0.4, -0.2) is 23.0 Å². The molecular weight excluding hydrogens is 260 g/mol.